The molecule has 1 heterocycles. The summed E-state index contributed by atoms with van der Waals surface area (Å²) in [4.78, 5) is 3.80. The summed E-state index contributed by atoms with van der Waals surface area (Å²) in [6, 6.07) is 5.57. The molecule has 1 aromatic heterocycles. The second-order valence-corrected chi connectivity index (χ2v) is 1.83. The first-order valence-electron chi connectivity index (χ1n) is 2.65. The van der Waals surface area contributed by atoms with Gasteiger partial charge in [-0.05, 0) is 6.07 Å². The third-order valence-electron chi connectivity index (χ3n) is 1.03. The van der Waals surface area contributed by atoms with Gasteiger partial charge in [0.05, 0.1) is 0 Å². The van der Waals surface area contributed by atoms with Crippen LogP contribution in [-0.4, -0.2) is 12.8 Å². The van der Waals surface area contributed by atoms with Crippen LogP contribution in [0.5, 0.6) is 0 Å². The van der Waals surface area contributed by atoms with E-state index in [1.165, 1.54) is 0 Å². The van der Waals surface area contributed by atoms with E-state index < -0.39 is 0 Å². The second-order valence-electron chi connectivity index (χ2n) is 1.83. The molecule has 0 aliphatic heterocycles. The molecule has 1 rings (SSSR count). The predicted molar refractivity (Wildman–Crippen MR) is 37.1 cm³/mol. The highest BCUT2D eigenvalue weighted by Gasteiger charge is 1.87. The van der Waals surface area contributed by atoms with Crippen molar-refractivity contribution < 1.29 is 0 Å². The van der Waals surface area contributed by atoms with Crippen LogP contribution < -0.4 is 5.46 Å². The number of hydrogen-bond donors (Lipinski definition) is 0. The number of nitrogens with zero attached hydrogens (tertiary/aromatic N) is 2. The fourth-order valence-electron chi connectivity index (χ4n) is 0.597. The molecule has 0 saturated heterocycles. The van der Waals surface area contributed by atoms with Gasteiger partial charge in [0.15, 0.2) is 0 Å². The molecule has 1 aromatic rings. The van der Waals surface area contributed by atoms with Gasteiger partial charge in [-0.1, -0.05) is 11.5 Å². The maximum absolute atomic E-state index is 8.35. The molecule has 9 heavy (non-hydrogen) atoms. The second kappa shape index (κ2) is 2.32. The maximum atomic E-state index is 8.35. The Balaban J connectivity index is 3.12. The highest BCUT2D eigenvalue weighted by Crippen LogP contribution is 1.84. The summed E-state index contributed by atoms with van der Waals surface area (Å²) in [5, 5.41) is 8.35. The summed E-state index contributed by atoms with van der Waals surface area (Å²) in [7, 11) is 1.93. The molecule has 0 radical (unpaired) electrons. The Morgan fingerprint density at radius 2 is 2.44 bits per heavy atom. The molecule has 0 spiro atoms. The zero-order valence-corrected chi connectivity index (χ0v) is 5.13. The van der Waals surface area contributed by atoms with Crippen molar-refractivity contribution in [1.82, 2.24) is 4.98 Å². The summed E-state index contributed by atoms with van der Waals surface area (Å²) < 4.78 is 0. The number of aromatic nitrogens is 1. The van der Waals surface area contributed by atoms with Gasteiger partial charge in [-0.15, -0.1) is 0 Å². The lowest BCUT2D eigenvalue weighted by molar-refractivity contribution is 1.27. The predicted octanol–water partition coefficient (Wildman–Crippen LogP) is -0.788. The van der Waals surface area contributed by atoms with Gasteiger partial charge in [0, 0.05) is 6.20 Å². The standard InChI is InChI=1S/C6H5BN2/c7-5-1-2-9-6(3-5)4-8/h1-3H,7H2. The van der Waals surface area contributed by atoms with Crippen molar-refractivity contribution in [3.8, 4) is 6.07 Å². The third kappa shape index (κ3) is 1.30. The maximum Gasteiger partial charge on any atom is 0.139 e. The topological polar surface area (TPSA) is 36.7 Å². The molecule has 2 nitrogen and oxygen atoms in total. The lowest BCUT2D eigenvalue weighted by Crippen LogP contribution is -2.02. The first-order valence-corrected chi connectivity index (χ1v) is 2.65. The Hall–Kier alpha value is -1.30. The molecule has 42 valence electrons. The van der Waals surface area contributed by atoms with Crippen LogP contribution in [0.15, 0.2) is 18.3 Å². The molecule has 0 N–H and O–H groups in total. The Morgan fingerprint density at radius 3 is 2.89 bits per heavy atom. The molecule has 0 amide bonds. The van der Waals surface area contributed by atoms with Crippen LogP contribution in [0, 0.1) is 11.3 Å². The average Bonchev–Trinajstić information content (AvgIpc) is 1.88. The largest absolute Gasteiger partial charge is 0.246 e. The summed E-state index contributed by atoms with van der Waals surface area (Å²) in [5.74, 6) is 0. The zero-order valence-electron chi connectivity index (χ0n) is 5.13. The Labute approximate surface area is 54.6 Å². The first kappa shape index (κ1) is 5.83. The quantitative estimate of drug-likeness (QED) is 0.416. The van der Waals surface area contributed by atoms with Crippen LogP contribution >= 0.6 is 0 Å². The summed E-state index contributed by atoms with van der Waals surface area (Å²) in [5.41, 5.74) is 1.55. The molecule has 0 fully saturated rings. The number of pyridine rings is 1. The summed E-state index contributed by atoms with van der Waals surface area (Å²) >= 11 is 0. The van der Waals surface area contributed by atoms with Crippen LogP contribution in [0.25, 0.3) is 0 Å². The van der Waals surface area contributed by atoms with Gasteiger partial charge in [0.25, 0.3) is 0 Å². The molecule has 0 bridgehead atoms. The van der Waals surface area contributed by atoms with Crippen molar-refractivity contribution in [3.05, 3.63) is 24.0 Å². The molecular formula is C6H5BN2. The Kier molecular flexibility index (Phi) is 1.50. The highest BCUT2D eigenvalue weighted by molar-refractivity contribution is 6.32. The molecule has 0 aliphatic carbocycles. The minimum atomic E-state index is 0.481. The summed E-state index contributed by atoms with van der Waals surface area (Å²) in [6.07, 6.45) is 1.63. The average molecular weight is 116 g/mol. The minimum absolute atomic E-state index is 0.481. The lowest BCUT2D eigenvalue weighted by Gasteiger charge is -1.87. The van der Waals surface area contributed by atoms with Gasteiger partial charge in [-0.3, -0.25) is 0 Å². The third-order valence-corrected chi connectivity index (χ3v) is 1.03. The van der Waals surface area contributed by atoms with Crippen molar-refractivity contribution in [2.24, 2.45) is 0 Å². The fourth-order valence-corrected chi connectivity index (χ4v) is 0.597. The number of nitriles is 1. The molecule has 0 aromatic carbocycles. The molecule has 0 saturated carbocycles. The van der Waals surface area contributed by atoms with Crippen LogP contribution in [0.2, 0.25) is 0 Å². The van der Waals surface area contributed by atoms with Gasteiger partial charge >= 0.3 is 0 Å². The molecule has 3 heteroatoms. The smallest absolute Gasteiger partial charge is 0.139 e. The minimum Gasteiger partial charge on any atom is -0.246 e. The highest BCUT2D eigenvalue weighted by atomic mass is 14.7. The lowest BCUT2D eigenvalue weighted by atomic mass is 9.97. The molecule has 0 aliphatic rings. The van der Waals surface area contributed by atoms with E-state index in [9.17, 15) is 0 Å². The van der Waals surface area contributed by atoms with E-state index in [0.29, 0.717) is 5.69 Å². The Bertz CT molecular complexity index is 251. The molecule has 0 atom stereocenters. The monoisotopic (exact) mass is 116 g/mol. The fraction of sp³-hybridized carbons (Fsp3) is 0. The number of rotatable bonds is 0. The van der Waals surface area contributed by atoms with E-state index in [4.69, 9.17) is 5.26 Å². The normalized spacial score (nSPS) is 8.33. The summed E-state index contributed by atoms with van der Waals surface area (Å²) in [6.45, 7) is 0. The number of hydrogen-bond acceptors (Lipinski definition) is 2. The molecule has 0 unspecified atom stereocenters. The van der Waals surface area contributed by atoms with Crippen LogP contribution in [0.4, 0.5) is 0 Å². The van der Waals surface area contributed by atoms with Crippen molar-refractivity contribution in [2.75, 3.05) is 0 Å². The van der Waals surface area contributed by atoms with Crippen LogP contribution in [0.3, 0.4) is 0 Å². The van der Waals surface area contributed by atoms with Gasteiger partial charge in [0.1, 0.15) is 19.6 Å². The van der Waals surface area contributed by atoms with Crippen molar-refractivity contribution in [2.45, 2.75) is 0 Å². The van der Waals surface area contributed by atoms with Crippen molar-refractivity contribution >= 4 is 13.3 Å². The van der Waals surface area contributed by atoms with E-state index in [-0.39, 0.29) is 0 Å². The van der Waals surface area contributed by atoms with Gasteiger partial charge < -0.3 is 0 Å². The van der Waals surface area contributed by atoms with Gasteiger partial charge in [-0.25, -0.2) is 4.98 Å². The molecular weight excluding hydrogens is 111 g/mol. The van der Waals surface area contributed by atoms with E-state index >= 15 is 0 Å². The van der Waals surface area contributed by atoms with Crippen LogP contribution in [0.1, 0.15) is 5.69 Å². The van der Waals surface area contributed by atoms with Crippen molar-refractivity contribution in [1.29, 1.82) is 5.26 Å². The van der Waals surface area contributed by atoms with E-state index in [2.05, 4.69) is 4.98 Å². The van der Waals surface area contributed by atoms with Gasteiger partial charge in [0.2, 0.25) is 0 Å². The Morgan fingerprint density at radius 1 is 1.67 bits per heavy atom. The van der Waals surface area contributed by atoms with Crippen LogP contribution in [-0.2, 0) is 0 Å². The first-order chi connectivity index (χ1) is 4.33. The van der Waals surface area contributed by atoms with E-state index in [1.807, 2.05) is 20.0 Å². The van der Waals surface area contributed by atoms with Crippen molar-refractivity contribution in [3.63, 3.8) is 0 Å². The SMILES string of the molecule is Bc1ccnc(C#N)c1. The van der Waals surface area contributed by atoms with Gasteiger partial charge in [-0.2, -0.15) is 5.26 Å². The zero-order chi connectivity index (χ0) is 6.69. The van der Waals surface area contributed by atoms with E-state index in [1.54, 1.807) is 12.3 Å². The van der Waals surface area contributed by atoms with E-state index in [0.717, 1.165) is 5.46 Å².